The summed E-state index contributed by atoms with van der Waals surface area (Å²) in [6.45, 7) is 4.66. The van der Waals surface area contributed by atoms with Gasteiger partial charge in [-0.1, -0.05) is 25.1 Å². The molecule has 1 heterocycles. The average molecular weight is 270 g/mol. The van der Waals surface area contributed by atoms with Crippen LogP contribution in [-0.2, 0) is 0 Å². The molecule has 0 radical (unpaired) electrons. The monoisotopic (exact) mass is 270 g/mol. The summed E-state index contributed by atoms with van der Waals surface area (Å²) in [5.41, 5.74) is 2.44. The number of para-hydroxylation sites is 1. The third-order valence-electron chi connectivity index (χ3n) is 2.84. The number of rotatable bonds is 5. The fourth-order valence-electron chi connectivity index (χ4n) is 1.73. The van der Waals surface area contributed by atoms with Crippen LogP contribution < -0.4 is 10.6 Å². The van der Waals surface area contributed by atoms with E-state index in [9.17, 15) is 4.79 Å². The van der Waals surface area contributed by atoms with E-state index in [2.05, 4.69) is 20.6 Å². The second-order valence-electron chi connectivity index (χ2n) is 4.48. The Bertz CT molecular complexity index is 598. The van der Waals surface area contributed by atoms with Gasteiger partial charge in [0.05, 0.1) is 0 Å². The highest BCUT2D eigenvalue weighted by atomic mass is 16.1. The lowest BCUT2D eigenvalue weighted by Gasteiger charge is -2.09. The molecular formula is C15H18N4O. The summed E-state index contributed by atoms with van der Waals surface area (Å²) in [7, 11) is 0. The van der Waals surface area contributed by atoms with Crippen LogP contribution in [0.25, 0.3) is 0 Å². The van der Waals surface area contributed by atoms with Crippen LogP contribution in [0.3, 0.4) is 0 Å². The molecule has 1 aromatic carbocycles. The van der Waals surface area contributed by atoms with Crippen LogP contribution in [0.5, 0.6) is 0 Å². The molecule has 2 rings (SSSR count). The fourth-order valence-corrected chi connectivity index (χ4v) is 1.73. The van der Waals surface area contributed by atoms with Crippen molar-refractivity contribution < 1.29 is 4.79 Å². The van der Waals surface area contributed by atoms with Crippen molar-refractivity contribution in [2.24, 2.45) is 0 Å². The zero-order valence-corrected chi connectivity index (χ0v) is 11.7. The van der Waals surface area contributed by atoms with Gasteiger partial charge in [0, 0.05) is 18.3 Å². The van der Waals surface area contributed by atoms with Crippen LogP contribution in [0.2, 0.25) is 0 Å². The van der Waals surface area contributed by atoms with Crippen molar-refractivity contribution in [2.45, 2.75) is 20.3 Å². The van der Waals surface area contributed by atoms with Crippen molar-refractivity contribution in [3.05, 3.63) is 47.9 Å². The Morgan fingerprint density at radius 1 is 1.25 bits per heavy atom. The topological polar surface area (TPSA) is 66.9 Å². The van der Waals surface area contributed by atoms with Crippen molar-refractivity contribution in [3.8, 4) is 0 Å². The number of hydrogen-bond donors (Lipinski definition) is 2. The summed E-state index contributed by atoms with van der Waals surface area (Å²) < 4.78 is 0. The van der Waals surface area contributed by atoms with Crippen LogP contribution in [0.15, 0.2) is 36.7 Å². The molecule has 0 unspecified atom stereocenters. The first kappa shape index (κ1) is 14.0. The Kier molecular flexibility index (Phi) is 4.65. The summed E-state index contributed by atoms with van der Waals surface area (Å²) >= 11 is 0. The van der Waals surface area contributed by atoms with Gasteiger partial charge in [0.1, 0.15) is 17.8 Å². The molecular weight excluding hydrogens is 252 g/mol. The minimum absolute atomic E-state index is 0.179. The summed E-state index contributed by atoms with van der Waals surface area (Å²) in [5, 5.41) is 5.99. The van der Waals surface area contributed by atoms with Gasteiger partial charge in [-0.3, -0.25) is 4.79 Å². The van der Waals surface area contributed by atoms with Gasteiger partial charge in [0.2, 0.25) is 0 Å². The van der Waals surface area contributed by atoms with Crippen LogP contribution in [-0.4, -0.2) is 22.4 Å². The number of benzene rings is 1. The van der Waals surface area contributed by atoms with Crippen molar-refractivity contribution in [1.29, 1.82) is 0 Å². The highest BCUT2D eigenvalue weighted by molar-refractivity contribution is 5.92. The number of nitrogens with one attached hydrogen (secondary N) is 2. The van der Waals surface area contributed by atoms with Crippen molar-refractivity contribution in [2.75, 3.05) is 11.9 Å². The normalized spacial score (nSPS) is 10.1. The van der Waals surface area contributed by atoms with Gasteiger partial charge in [0.25, 0.3) is 5.91 Å². The molecule has 0 saturated heterocycles. The van der Waals surface area contributed by atoms with Gasteiger partial charge >= 0.3 is 0 Å². The van der Waals surface area contributed by atoms with Crippen molar-refractivity contribution >= 4 is 17.4 Å². The molecule has 2 aromatic rings. The third-order valence-corrected chi connectivity index (χ3v) is 2.84. The molecule has 0 aliphatic rings. The predicted octanol–water partition coefficient (Wildman–Crippen LogP) is 2.67. The molecule has 0 aliphatic heterocycles. The molecule has 0 atom stereocenters. The quantitative estimate of drug-likeness (QED) is 0.876. The van der Waals surface area contributed by atoms with E-state index in [1.807, 2.05) is 38.1 Å². The van der Waals surface area contributed by atoms with E-state index < -0.39 is 0 Å². The maximum atomic E-state index is 11.8. The maximum absolute atomic E-state index is 11.8. The summed E-state index contributed by atoms with van der Waals surface area (Å²) in [4.78, 5) is 20.0. The summed E-state index contributed by atoms with van der Waals surface area (Å²) in [6.07, 6.45) is 2.28. The third kappa shape index (κ3) is 3.54. The van der Waals surface area contributed by atoms with Crippen LogP contribution >= 0.6 is 0 Å². The van der Waals surface area contributed by atoms with Gasteiger partial charge in [-0.05, 0) is 25.0 Å². The van der Waals surface area contributed by atoms with E-state index in [0.29, 0.717) is 18.1 Å². The van der Waals surface area contributed by atoms with Crippen molar-refractivity contribution in [1.82, 2.24) is 15.3 Å². The Morgan fingerprint density at radius 3 is 2.80 bits per heavy atom. The van der Waals surface area contributed by atoms with E-state index in [1.165, 1.54) is 6.33 Å². The molecule has 1 amide bonds. The summed E-state index contributed by atoms with van der Waals surface area (Å²) in [5.74, 6) is 0.429. The number of nitrogens with zero attached hydrogens (tertiary/aromatic N) is 2. The van der Waals surface area contributed by atoms with Gasteiger partial charge in [0.15, 0.2) is 0 Å². The zero-order chi connectivity index (χ0) is 14.4. The standard InChI is InChI=1S/C15H18N4O/c1-3-8-16-15(20)13-9-14(18-10-17-13)19-12-7-5-4-6-11(12)2/h4-7,9-10H,3,8H2,1-2H3,(H,16,20)(H,17,18,19). The van der Waals surface area contributed by atoms with Gasteiger partial charge < -0.3 is 10.6 Å². The minimum atomic E-state index is -0.179. The lowest BCUT2D eigenvalue weighted by molar-refractivity contribution is 0.0948. The van der Waals surface area contributed by atoms with Gasteiger partial charge in [-0.15, -0.1) is 0 Å². The predicted molar refractivity (Wildman–Crippen MR) is 79.1 cm³/mol. The van der Waals surface area contributed by atoms with E-state index in [4.69, 9.17) is 0 Å². The average Bonchev–Trinajstić information content (AvgIpc) is 2.47. The van der Waals surface area contributed by atoms with Crippen LogP contribution in [0.1, 0.15) is 29.4 Å². The highest BCUT2D eigenvalue weighted by Gasteiger charge is 2.08. The molecule has 0 fully saturated rings. The first-order valence-corrected chi connectivity index (χ1v) is 6.63. The highest BCUT2D eigenvalue weighted by Crippen LogP contribution is 2.18. The summed E-state index contributed by atoms with van der Waals surface area (Å²) in [6, 6.07) is 9.56. The number of carbonyl (C=O) groups excluding carboxylic acids is 1. The smallest absolute Gasteiger partial charge is 0.270 e. The first-order chi connectivity index (χ1) is 9.70. The molecule has 0 aliphatic carbocycles. The molecule has 104 valence electrons. The van der Waals surface area contributed by atoms with E-state index in [0.717, 1.165) is 17.7 Å². The molecule has 5 heteroatoms. The lowest BCUT2D eigenvalue weighted by Crippen LogP contribution is -2.25. The van der Waals surface area contributed by atoms with E-state index in [-0.39, 0.29) is 5.91 Å². The second-order valence-corrected chi connectivity index (χ2v) is 4.48. The Morgan fingerprint density at radius 2 is 2.05 bits per heavy atom. The van der Waals surface area contributed by atoms with E-state index in [1.54, 1.807) is 6.07 Å². The van der Waals surface area contributed by atoms with Gasteiger partial charge in [-0.25, -0.2) is 9.97 Å². The number of aryl methyl sites for hydroxylation is 1. The Hall–Kier alpha value is -2.43. The van der Waals surface area contributed by atoms with E-state index >= 15 is 0 Å². The molecule has 20 heavy (non-hydrogen) atoms. The van der Waals surface area contributed by atoms with Crippen LogP contribution in [0, 0.1) is 6.92 Å². The number of hydrogen-bond acceptors (Lipinski definition) is 4. The molecule has 0 spiro atoms. The molecule has 2 N–H and O–H groups in total. The first-order valence-electron chi connectivity index (χ1n) is 6.63. The SMILES string of the molecule is CCCNC(=O)c1cc(Nc2ccccc2C)ncn1. The second kappa shape index (κ2) is 6.65. The number of carbonyl (C=O) groups is 1. The number of aromatic nitrogens is 2. The van der Waals surface area contributed by atoms with Gasteiger partial charge in [-0.2, -0.15) is 0 Å². The molecule has 5 nitrogen and oxygen atoms in total. The maximum Gasteiger partial charge on any atom is 0.270 e. The zero-order valence-electron chi connectivity index (χ0n) is 11.7. The molecule has 1 aromatic heterocycles. The van der Waals surface area contributed by atoms with Crippen molar-refractivity contribution in [3.63, 3.8) is 0 Å². The van der Waals surface area contributed by atoms with Crippen LogP contribution in [0.4, 0.5) is 11.5 Å². The largest absolute Gasteiger partial charge is 0.351 e. The lowest BCUT2D eigenvalue weighted by atomic mass is 10.2. The molecule has 0 bridgehead atoms. The fraction of sp³-hybridized carbons (Fsp3) is 0.267. The minimum Gasteiger partial charge on any atom is -0.351 e. The Labute approximate surface area is 118 Å². The Balaban J connectivity index is 2.14. The number of anilines is 2. The number of amides is 1. The molecule has 0 saturated carbocycles.